The molecule has 0 fully saturated rings. The molecule has 25 heavy (non-hydrogen) atoms. The molecule has 1 aromatic heterocycles. The third kappa shape index (κ3) is 3.06. The van der Waals surface area contributed by atoms with Crippen LogP contribution in [0.1, 0.15) is 27.2 Å². The monoisotopic (exact) mass is 350 g/mol. The van der Waals surface area contributed by atoms with Crippen LogP contribution in [0.2, 0.25) is 5.02 Å². The quantitative estimate of drug-likeness (QED) is 0.559. The fraction of sp³-hybridized carbons (Fsp3) is 0.105. The van der Waals surface area contributed by atoms with E-state index in [1.54, 1.807) is 18.3 Å². The highest BCUT2D eigenvalue weighted by molar-refractivity contribution is 6.30. The molecule has 1 aliphatic rings. The molecule has 0 saturated carbocycles. The molecule has 0 bridgehead atoms. The summed E-state index contributed by atoms with van der Waals surface area (Å²) in [5, 5.41) is 11.9. The fourth-order valence-electron chi connectivity index (χ4n) is 3.02. The first-order valence-corrected chi connectivity index (χ1v) is 8.34. The minimum atomic E-state index is -0.293. The standard InChI is InChI=1S/C19H15ClN4O/c20-14-8-5-12(6-9-14)11-21-24-19(25)18-16-10-7-13-3-1-2-4-15(13)17(16)22-23-18/h1-6,8-9,11H,7,10H2,(H,22,23)(H,24,25)/b21-11+. The molecule has 2 aromatic carbocycles. The van der Waals surface area contributed by atoms with Crippen molar-refractivity contribution in [3.05, 3.63) is 75.9 Å². The molecule has 124 valence electrons. The maximum Gasteiger partial charge on any atom is 0.289 e. The van der Waals surface area contributed by atoms with Crippen molar-refractivity contribution < 1.29 is 4.79 Å². The zero-order chi connectivity index (χ0) is 17.2. The number of fused-ring (bicyclic) bond motifs is 3. The van der Waals surface area contributed by atoms with Crippen molar-refractivity contribution >= 4 is 23.7 Å². The van der Waals surface area contributed by atoms with E-state index in [2.05, 4.69) is 26.8 Å². The first kappa shape index (κ1) is 15.6. The molecule has 0 unspecified atom stereocenters. The molecule has 2 N–H and O–H groups in total. The van der Waals surface area contributed by atoms with Crippen molar-refractivity contribution in [1.82, 2.24) is 15.6 Å². The number of hydrogen-bond acceptors (Lipinski definition) is 3. The zero-order valence-electron chi connectivity index (χ0n) is 13.3. The van der Waals surface area contributed by atoms with Crippen molar-refractivity contribution in [3.63, 3.8) is 0 Å². The van der Waals surface area contributed by atoms with Crippen LogP contribution in [0.4, 0.5) is 0 Å². The van der Waals surface area contributed by atoms with Gasteiger partial charge in [-0.3, -0.25) is 9.89 Å². The van der Waals surface area contributed by atoms with Crippen LogP contribution in [0, 0.1) is 0 Å². The average Bonchev–Trinajstić information content (AvgIpc) is 3.08. The third-order valence-corrected chi connectivity index (χ3v) is 4.51. The predicted molar refractivity (Wildman–Crippen MR) is 97.9 cm³/mol. The lowest BCUT2D eigenvalue weighted by molar-refractivity contribution is 0.0949. The fourth-order valence-corrected chi connectivity index (χ4v) is 3.14. The van der Waals surface area contributed by atoms with Crippen LogP contribution in [0.25, 0.3) is 11.3 Å². The number of hydrogen-bond donors (Lipinski definition) is 2. The summed E-state index contributed by atoms with van der Waals surface area (Å²) < 4.78 is 0. The Morgan fingerprint density at radius 3 is 2.80 bits per heavy atom. The van der Waals surface area contributed by atoms with E-state index in [4.69, 9.17) is 11.6 Å². The summed E-state index contributed by atoms with van der Waals surface area (Å²) >= 11 is 5.84. The van der Waals surface area contributed by atoms with Crippen LogP contribution in [-0.4, -0.2) is 22.3 Å². The topological polar surface area (TPSA) is 70.1 Å². The third-order valence-electron chi connectivity index (χ3n) is 4.26. The molecule has 0 radical (unpaired) electrons. The molecule has 5 nitrogen and oxygen atoms in total. The van der Waals surface area contributed by atoms with Crippen LogP contribution < -0.4 is 5.43 Å². The van der Waals surface area contributed by atoms with Crippen molar-refractivity contribution in [2.45, 2.75) is 12.8 Å². The van der Waals surface area contributed by atoms with Gasteiger partial charge in [-0.2, -0.15) is 10.2 Å². The number of hydrazone groups is 1. The maximum absolute atomic E-state index is 12.4. The van der Waals surface area contributed by atoms with E-state index in [1.165, 1.54) is 5.56 Å². The zero-order valence-corrected chi connectivity index (χ0v) is 14.0. The van der Waals surface area contributed by atoms with Crippen molar-refractivity contribution in [2.24, 2.45) is 5.10 Å². The SMILES string of the molecule is O=C(N/N=C/c1ccc(Cl)cc1)c1[nH]nc2c1CCc1ccccc1-2. The number of carbonyl (C=O) groups is 1. The first-order chi connectivity index (χ1) is 12.2. The van der Waals surface area contributed by atoms with E-state index in [0.29, 0.717) is 10.7 Å². The maximum atomic E-state index is 12.4. The van der Waals surface area contributed by atoms with Crippen molar-refractivity contribution in [3.8, 4) is 11.3 Å². The van der Waals surface area contributed by atoms with Gasteiger partial charge in [-0.25, -0.2) is 5.43 Å². The molecular weight excluding hydrogens is 336 g/mol. The van der Waals surface area contributed by atoms with Crippen molar-refractivity contribution in [2.75, 3.05) is 0 Å². The summed E-state index contributed by atoms with van der Waals surface area (Å²) in [7, 11) is 0. The van der Waals surface area contributed by atoms with Gasteiger partial charge in [-0.15, -0.1) is 0 Å². The van der Waals surface area contributed by atoms with Crippen LogP contribution in [0.15, 0.2) is 53.6 Å². The second-order valence-corrected chi connectivity index (χ2v) is 6.27. The highest BCUT2D eigenvalue weighted by Crippen LogP contribution is 2.33. The first-order valence-electron chi connectivity index (χ1n) is 7.97. The lowest BCUT2D eigenvalue weighted by Crippen LogP contribution is -2.20. The normalized spacial score (nSPS) is 12.7. The summed E-state index contributed by atoms with van der Waals surface area (Å²) in [6.45, 7) is 0. The lowest BCUT2D eigenvalue weighted by Gasteiger charge is -2.15. The second-order valence-electron chi connectivity index (χ2n) is 5.83. The Morgan fingerprint density at radius 2 is 1.96 bits per heavy atom. The van der Waals surface area contributed by atoms with Gasteiger partial charge in [0, 0.05) is 16.1 Å². The van der Waals surface area contributed by atoms with E-state index >= 15 is 0 Å². The number of benzene rings is 2. The number of aryl methyl sites for hydroxylation is 1. The summed E-state index contributed by atoms with van der Waals surface area (Å²) in [5.74, 6) is -0.293. The summed E-state index contributed by atoms with van der Waals surface area (Å²) in [6, 6.07) is 15.3. The summed E-state index contributed by atoms with van der Waals surface area (Å²) in [6.07, 6.45) is 3.26. The van der Waals surface area contributed by atoms with Gasteiger partial charge in [-0.05, 0) is 36.1 Å². The van der Waals surface area contributed by atoms with Crippen LogP contribution in [0.5, 0.6) is 0 Å². The van der Waals surface area contributed by atoms with Gasteiger partial charge in [0.2, 0.25) is 0 Å². The van der Waals surface area contributed by atoms with Gasteiger partial charge in [0.05, 0.1) is 11.9 Å². The molecule has 1 heterocycles. The number of H-pyrrole nitrogens is 1. The van der Waals surface area contributed by atoms with E-state index < -0.39 is 0 Å². The Hall–Kier alpha value is -2.92. The van der Waals surface area contributed by atoms with Crippen LogP contribution in [0.3, 0.4) is 0 Å². The molecule has 0 atom stereocenters. The molecule has 6 heteroatoms. The number of aromatic amines is 1. The molecule has 0 spiro atoms. The van der Waals surface area contributed by atoms with Gasteiger partial charge in [0.1, 0.15) is 5.69 Å². The van der Waals surface area contributed by atoms with Gasteiger partial charge in [0.25, 0.3) is 5.91 Å². The Morgan fingerprint density at radius 1 is 1.16 bits per heavy atom. The molecular formula is C19H15ClN4O. The summed E-state index contributed by atoms with van der Waals surface area (Å²) in [4.78, 5) is 12.4. The van der Waals surface area contributed by atoms with Crippen LogP contribution >= 0.6 is 11.6 Å². The lowest BCUT2D eigenvalue weighted by atomic mass is 9.89. The van der Waals surface area contributed by atoms with E-state index in [9.17, 15) is 4.79 Å². The number of nitrogens with zero attached hydrogens (tertiary/aromatic N) is 2. The number of carbonyl (C=O) groups excluding carboxylic acids is 1. The van der Waals surface area contributed by atoms with E-state index in [-0.39, 0.29) is 5.91 Å². The number of halogens is 1. The highest BCUT2D eigenvalue weighted by atomic mass is 35.5. The number of aromatic nitrogens is 2. The smallest absolute Gasteiger partial charge is 0.272 e. The van der Waals surface area contributed by atoms with E-state index in [0.717, 1.165) is 35.2 Å². The Bertz CT molecular complexity index is 960. The van der Waals surface area contributed by atoms with Crippen molar-refractivity contribution in [1.29, 1.82) is 0 Å². The van der Waals surface area contributed by atoms with Gasteiger partial charge < -0.3 is 0 Å². The molecule has 1 aliphatic carbocycles. The van der Waals surface area contributed by atoms with Gasteiger partial charge in [-0.1, -0.05) is 48.0 Å². The van der Waals surface area contributed by atoms with Gasteiger partial charge in [0.15, 0.2) is 0 Å². The molecule has 0 saturated heterocycles. The minimum Gasteiger partial charge on any atom is -0.272 e. The molecule has 0 aliphatic heterocycles. The second kappa shape index (κ2) is 6.53. The molecule has 3 aromatic rings. The van der Waals surface area contributed by atoms with Gasteiger partial charge >= 0.3 is 0 Å². The van der Waals surface area contributed by atoms with E-state index in [1.807, 2.05) is 30.3 Å². The largest absolute Gasteiger partial charge is 0.289 e. The molecule has 1 amide bonds. The van der Waals surface area contributed by atoms with Crippen LogP contribution in [-0.2, 0) is 12.8 Å². The Balaban J connectivity index is 1.53. The number of rotatable bonds is 3. The highest BCUT2D eigenvalue weighted by Gasteiger charge is 2.24. The Kier molecular flexibility index (Phi) is 4.07. The number of amides is 1. The Labute approximate surface area is 149 Å². The minimum absolute atomic E-state index is 0.293. The predicted octanol–water partition coefficient (Wildman–Crippen LogP) is 3.59. The number of nitrogens with one attached hydrogen (secondary N) is 2. The summed E-state index contributed by atoms with van der Waals surface area (Å²) in [5.41, 5.74) is 8.01. The molecule has 4 rings (SSSR count). The average molecular weight is 351 g/mol.